The van der Waals surface area contributed by atoms with Crippen molar-refractivity contribution >= 4 is 29.2 Å². The van der Waals surface area contributed by atoms with Crippen molar-refractivity contribution in [2.45, 2.75) is 6.54 Å². The van der Waals surface area contributed by atoms with Gasteiger partial charge in [-0.2, -0.15) is 14.9 Å². The maximum absolute atomic E-state index is 10.9. The van der Waals surface area contributed by atoms with E-state index in [4.69, 9.17) is 27.8 Å². The molecule has 11 nitrogen and oxygen atoms in total. The van der Waals surface area contributed by atoms with Crippen LogP contribution in [0.1, 0.15) is 11.1 Å². The molecule has 0 bridgehead atoms. The molecule has 4 N–H and O–H groups in total. The molecule has 0 unspecified atom stereocenters. The highest BCUT2D eigenvalue weighted by Gasteiger charge is 2.21. The fourth-order valence-corrected chi connectivity index (χ4v) is 2.85. The summed E-state index contributed by atoms with van der Waals surface area (Å²) in [6.45, 7) is 0.127. The van der Waals surface area contributed by atoms with Crippen molar-refractivity contribution in [1.82, 2.24) is 19.7 Å². The molecule has 0 spiro atoms. The first-order chi connectivity index (χ1) is 13.3. The molecule has 2 heterocycles. The summed E-state index contributed by atoms with van der Waals surface area (Å²) in [5.41, 5.74) is 12.9. The lowest BCUT2D eigenvalue weighted by Crippen LogP contribution is -2.06. The van der Waals surface area contributed by atoms with Gasteiger partial charge in [0, 0.05) is 11.1 Å². The van der Waals surface area contributed by atoms with Crippen LogP contribution < -0.4 is 16.2 Å². The zero-order valence-electron chi connectivity index (χ0n) is 14.5. The van der Waals surface area contributed by atoms with E-state index in [1.165, 1.54) is 18.0 Å². The van der Waals surface area contributed by atoms with Crippen LogP contribution in [0.25, 0.3) is 11.3 Å². The van der Waals surface area contributed by atoms with Gasteiger partial charge < -0.3 is 26.3 Å². The quantitative estimate of drug-likeness (QED) is 0.479. The molecule has 1 aromatic carbocycles. The number of halogens is 1. The van der Waals surface area contributed by atoms with Crippen molar-refractivity contribution in [2.24, 2.45) is 0 Å². The van der Waals surface area contributed by atoms with Crippen LogP contribution in [0.5, 0.6) is 5.75 Å². The van der Waals surface area contributed by atoms with Crippen molar-refractivity contribution in [1.29, 1.82) is 5.26 Å². The standard InChI is InChI=1S/C16H13ClN8O3/c1-28-12-3-2-8(13-10(5-18)14(19)22-16(20)21-13)4-9(12)6-24-7-11(17)15(23-24)25(26)27/h2-4,7H,6H2,1H3,(H4,19,20,21,22). The van der Waals surface area contributed by atoms with Gasteiger partial charge in [0.1, 0.15) is 23.2 Å². The van der Waals surface area contributed by atoms with E-state index in [2.05, 4.69) is 15.1 Å². The summed E-state index contributed by atoms with van der Waals surface area (Å²) < 4.78 is 6.66. The van der Waals surface area contributed by atoms with Gasteiger partial charge in [-0.05, 0) is 23.1 Å². The highest BCUT2D eigenvalue weighted by molar-refractivity contribution is 6.32. The van der Waals surface area contributed by atoms with Gasteiger partial charge in [-0.15, -0.1) is 0 Å². The van der Waals surface area contributed by atoms with Crippen LogP contribution in [0.15, 0.2) is 24.4 Å². The molecule has 0 atom stereocenters. The summed E-state index contributed by atoms with van der Waals surface area (Å²) in [5.74, 6) is -0.0402. The Balaban J connectivity index is 2.08. The van der Waals surface area contributed by atoms with Crippen molar-refractivity contribution in [2.75, 3.05) is 18.6 Å². The highest BCUT2D eigenvalue weighted by atomic mass is 35.5. The first-order valence-corrected chi connectivity index (χ1v) is 8.09. The van der Waals surface area contributed by atoms with Crippen molar-refractivity contribution < 1.29 is 9.66 Å². The minimum Gasteiger partial charge on any atom is -0.496 e. The fraction of sp³-hybridized carbons (Fsp3) is 0.125. The molecule has 0 saturated heterocycles. The normalized spacial score (nSPS) is 10.5. The number of nitrogens with zero attached hydrogens (tertiary/aromatic N) is 6. The Hall–Kier alpha value is -3.91. The molecular formula is C16H13ClN8O3. The number of aromatic nitrogens is 4. The third-order valence-electron chi connectivity index (χ3n) is 3.82. The maximum atomic E-state index is 10.9. The zero-order valence-corrected chi connectivity index (χ0v) is 15.2. The molecule has 0 aliphatic rings. The topological polar surface area (TPSA) is 172 Å². The smallest absolute Gasteiger partial charge is 0.408 e. The second-order valence-electron chi connectivity index (χ2n) is 5.58. The largest absolute Gasteiger partial charge is 0.496 e. The maximum Gasteiger partial charge on any atom is 0.408 e. The lowest BCUT2D eigenvalue weighted by Gasteiger charge is -2.11. The summed E-state index contributed by atoms with van der Waals surface area (Å²) in [5, 5.41) is 24.1. The predicted molar refractivity (Wildman–Crippen MR) is 101 cm³/mol. The van der Waals surface area contributed by atoms with E-state index in [9.17, 15) is 15.4 Å². The van der Waals surface area contributed by atoms with Gasteiger partial charge in [-0.25, -0.2) is 4.98 Å². The molecule has 28 heavy (non-hydrogen) atoms. The van der Waals surface area contributed by atoms with Crippen molar-refractivity contribution in [3.05, 3.63) is 50.7 Å². The van der Waals surface area contributed by atoms with Gasteiger partial charge >= 0.3 is 5.82 Å². The second-order valence-corrected chi connectivity index (χ2v) is 5.99. The average Bonchev–Trinajstić information content (AvgIpc) is 3.01. The Kier molecular flexibility index (Phi) is 4.97. The molecule has 2 aromatic heterocycles. The summed E-state index contributed by atoms with van der Waals surface area (Å²) in [4.78, 5) is 18.2. The summed E-state index contributed by atoms with van der Waals surface area (Å²) in [6.07, 6.45) is 1.34. The Morgan fingerprint density at radius 1 is 1.39 bits per heavy atom. The number of anilines is 2. The molecule has 0 radical (unpaired) electrons. The predicted octanol–water partition coefficient (Wildman–Crippen LogP) is 1.99. The van der Waals surface area contributed by atoms with E-state index in [1.807, 2.05) is 6.07 Å². The molecule has 0 aliphatic carbocycles. The van der Waals surface area contributed by atoms with Crippen molar-refractivity contribution in [3.63, 3.8) is 0 Å². The van der Waals surface area contributed by atoms with Gasteiger partial charge in [0.15, 0.2) is 5.02 Å². The van der Waals surface area contributed by atoms with E-state index in [1.54, 1.807) is 18.2 Å². The van der Waals surface area contributed by atoms with E-state index in [0.717, 1.165) is 0 Å². The lowest BCUT2D eigenvalue weighted by atomic mass is 10.0. The third kappa shape index (κ3) is 3.49. The van der Waals surface area contributed by atoms with E-state index >= 15 is 0 Å². The lowest BCUT2D eigenvalue weighted by molar-refractivity contribution is -0.389. The average molecular weight is 401 g/mol. The Labute approximate surface area is 163 Å². The molecule has 142 valence electrons. The van der Waals surface area contributed by atoms with Crippen LogP contribution in [0.3, 0.4) is 0 Å². The molecule has 0 amide bonds. The molecule has 0 fully saturated rings. The number of ether oxygens (including phenoxy) is 1. The van der Waals surface area contributed by atoms with Gasteiger partial charge in [0.2, 0.25) is 5.95 Å². The number of nitriles is 1. The molecule has 12 heteroatoms. The SMILES string of the molecule is COc1ccc(-c2nc(N)nc(N)c2C#N)cc1Cn1cc(Cl)c([N+](=O)[O-])n1. The molecule has 3 rings (SSSR count). The second kappa shape index (κ2) is 7.37. The van der Waals surface area contributed by atoms with Crippen LogP contribution in [0.2, 0.25) is 5.02 Å². The number of nitro groups is 1. The van der Waals surface area contributed by atoms with Crippen LogP contribution in [-0.2, 0) is 6.54 Å². The van der Waals surface area contributed by atoms with Crippen LogP contribution in [0.4, 0.5) is 17.6 Å². The first-order valence-electron chi connectivity index (χ1n) is 7.71. The van der Waals surface area contributed by atoms with Gasteiger partial charge in [0.25, 0.3) is 0 Å². The van der Waals surface area contributed by atoms with Crippen molar-refractivity contribution in [3.8, 4) is 23.1 Å². The number of rotatable bonds is 5. The van der Waals surface area contributed by atoms with Crippen LogP contribution in [-0.4, -0.2) is 31.8 Å². The summed E-state index contributed by atoms with van der Waals surface area (Å²) >= 11 is 5.84. The number of nitrogen functional groups attached to an aromatic ring is 2. The Morgan fingerprint density at radius 3 is 2.75 bits per heavy atom. The van der Waals surface area contributed by atoms with Gasteiger partial charge in [-0.3, -0.25) is 0 Å². The monoisotopic (exact) mass is 400 g/mol. The van der Waals surface area contributed by atoms with Gasteiger partial charge in [-0.1, -0.05) is 11.6 Å². The number of hydrogen-bond acceptors (Lipinski definition) is 9. The number of hydrogen-bond donors (Lipinski definition) is 2. The minimum atomic E-state index is -0.669. The minimum absolute atomic E-state index is 0.0307. The van der Waals surface area contributed by atoms with Gasteiger partial charge in [0.05, 0.1) is 30.6 Å². The number of benzene rings is 1. The zero-order chi connectivity index (χ0) is 20.4. The Morgan fingerprint density at radius 2 is 2.14 bits per heavy atom. The summed E-state index contributed by atoms with van der Waals surface area (Å²) in [6, 6.07) is 7.01. The summed E-state index contributed by atoms with van der Waals surface area (Å²) in [7, 11) is 1.48. The molecule has 3 aromatic rings. The number of nitrogens with two attached hydrogens (primary N) is 2. The van der Waals surface area contributed by atoms with E-state index in [0.29, 0.717) is 16.9 Å². The van der Waals surface area contributed by atoms with Crippen LogP contribution >= 0.6 is 11.6 Å². The van der Waals surface area contributed by atoms with Crippen LogP contribution in [0, 0.1) is 21.4 Å². The molecule has 0 aliphatic heterocycles. The highest BCUT2D eigenvalue weighted by Crippen LogP contribution is 2.31. The van der Waals surface area contributed by atoms with E-state index < -0.39 is 10.7 Å². The molecular weight excluding hydrogens is 388 g/mol. The van der Waals surface area contributed by atoms with E-state index in [-0.39, 0.29) is 34.6 Å². The Bertz CT molecular complexity index is 1120. The third-order valence-corrected chi connectivity index (χ3v) is 4.09. The molecule has 0 saturated carbocycles. The first kappa shape index (κ1) is 18.9. The fourth-order valence-electron chi connectivity index (χ4n) is 2.63. The number of methoxy groups -OCH3 is 1.